The van der Waals surface area contributed by atoms with E-state index in [0.29, 0.717) is 5.56 Å². The normalized spacial score (nSPS) is 18.2. The topological polar surface area (TPSA) is 29.9 Å². The lowest BCUT2D eigenvalue weighted by Gasteiger charge is -2.26. The van der Waals surface area contributed by atoms with E-state index < -0.39 is 0 Å². The Labute approximate surface area is 125 Å². The Morgan fingerprint density at radius 3 is 2.71 bits per heavy atom. The molecule has 0 saturated carbocycles. The maximum atomic E-state index is 13.9. The largest absolute Gasteiger partial charge is 0.370 e. The van der Waals surface area contributed by atoms with Crippen molar-refractivity contribution in [1.29, 1.82) is 0 Å². The molecule has 21 heavy (non-hydrogen) atoms. The van der Waals surface area contributed by atoms with Crippen LogP contribution in [0.4, 0.5) is 10.2 Å². The third kappa shape index (κ3) is 2.55. The Morgan fingerprint density at radius 2 is 2.05 bits per heavy atom. The summed E-state index contributed by atoms with van der Waals surface area (Å²) >= 11 is 0. The van der Waals surface area contributed by atoms with Crippen molar-refractivity contribution in [3.8, 4) is 0 Å². The fourth-order valence-corrected chi connectivity index (χ4v) is 2.71. The van der Waals surface area contributed by atoms with Gasteiger partial charge in [0.15, 0.2) is 0 Å². The van der Waals surface area contributed by atoms with Crippen molar-refractivity contribution >= 4 is 5.82 Å². The molecule has 2 aromatic rings. The Hall–Kier alpha value is -1.84. The molecule has 0 spiro atoms. The van der Waals surface area contributed by atoms with Crippen LogP contribution in [0.2, 0.25) is 0 Å². The molecule has 1 N–H and O–H groups in total. The van der Waals surface area contributed by atoms with Crippen molar-refractivity contribution in [1.82, 2.24) is 9.78 Å². The van der Waals surface area contributed by atoms with Crippen molar-refractivity contribution in [2.24, 2.45) is 0 Å². The number of halogens is 1. The van der Waals surface area contributed by atoms with Crippen molar-refractivity contribution < 1.29 is 4.39 Å². The Morgan fingerprint density at radius 1 is 1.29 bits per heavy atom. The predicted octanol–water partition coefficient (Wildman–Crippen LogP) is 4.03. The number of nitrogens with zero attached hydrogens (tertiary/aromatic N) is 2. The fourth-order valence-electron chi connectivity index (χ4n) is 2.71. The monoisotopic (exact) mass is 287 g/mol. The molecule has 1 aromatic heterocycles. The molecule has 3 nitrogen and oxygen atoms in total. The predicted molar refractivity (Wildman–Crippen MR) is 83.3 cm³/mol. The molecule has 1 atom stereocenters. The molecule has 0 saturated heterocycles. The highest BCUT2D eigenvalue weighted by Crippen LogP contribution is 2.33. The summed E-state index contributed by atoms with van der Waals surface area (Å²) in [6, 6.07) is 7.72. The lowest BCUT2D eigenvalue weighted by molar-refractivity contribution is 0.460. The average molecular weight is 287 g/mol. The highest BCUT2D eigenvalue weighted by Gasteiger charge is 2.27. The Kier molecular flexibility index (Phi) is 3.27. The second-order valence-electron chi connectivity index (χ2n) is 6.85. The van der Waals surface area contributed by atoms with Crippen LogP contribution in [0.25, 0.3) is 0 Å². The Balaban J connectivity index is 2.03. The SMILES string of the molecule is Cc1ccc(C2CCNc3cc(C(C)(C)C)nn32)cc1F. The maximum Gasteiger partial charge on any atom is 0.126 e. The number of benzene rings is 1. The van der Waals surface area contributed by atoms with E-state index in [2.05, 4.69) is 32.2 Å². The maximum absolute atomic E-state index is 13.9. The van der Waals surface area contributed by atoms with Crippen LogP contribution in [0.3, 0.4) is 0 Å². The molecule has 3 rings (SSSR count). The van der Waals surface area contributed by atoms with E-state index in [1.807, 2.05) is 16.8 Å². The van der Waals surface area contributed by atoms with Crippen LogP contribution in [-0.2, 0) is 5.41 Å². The second-order valence-corrected chi connectivity index (χ2v) is 6.85. The molecule has 1 aliphatic heterocycles. The molecule has 1 unspecified atom stereocenters. The number of aryl methyl sites for hydroxylation is 1. The molecular weight excluding hydrogens is 265 g/mol. The molecular formula is C17H22FN3. The van der Waals surface area contributed by atoms with E-state index >= 15 is 0 Å². The van der Waals surface area contributed by atoms with Crippen LogP contribution < -0.4 is 5.32 Å². The van der Waals surface area contributed by atoms with E-state index in [9.17, 15) is 4.39 Å². The van der Waals surface area contributed by atoms with Gasteiger partial charge in [0.1, 0.15) is 11.6 Å². The summed E-state index contributed by atoms with van der Waals surface area (Å²) < 4.78 is 15.9. The van der Waals surface area contributed by atoms with Gasteiger partial charge in [-0.25, -0.2) is 9.07 Å². The van der Waals surface area contributed by atoms with E-state index in [1.165, 1.54) is 0 Å². The third-order valence-electron chi connectivity index (χ3n) is 4.10. The van der Waals surface area contributed by atoms with Crippen LogP contribution in [0.15, 0.2) is 24.3 Å². The minimum Gasteiger partial charge on any atom is -0.370 e. The van der Waals surface area contributed by atoms with Gasteiger partial charge in [0.25, 0.3) is 0 Å². The van der Waals surface area contributed by atoms with E-state index in [4.69, 9.17) is 5.10 Å². The van der Waals surface area contributed by atoms with Gasteiger partial charge in [-0.3, -0.25) is 0 Å². The zero-order chi connectivity index (χ0) is 15.2. The molecule has 0 fully saturated rings. The van der Waals surface area contributed by atoms with E-state index in [1.54, 1.807) is 13.0 Å². The molecule has 1 aliphatic rings. The quantitative estimate of drug-likeness (QED) is 0.858. The van der Waals surface area contributed by atoms with Crippen LogP contribution >= 0.6 is 0 Å². The van der Waals surface area contributed by atoms with Crippen LogP contribution in [0, 0.1) is 12.7 Å². The number of aromatic nitrogens is 2. The van der Waals surface area contributed by atoms with Crippen molar-refractivity contribution in [3.63, 3.8) is 0 Å². The van der Waals surface area contributed by atoms with Gasteiger partial charge in [-0.1, -0.05) is 32.9 Å². The van der Waals surface area contributed by atoms with Gasteiger partial charge in [0.2, 0.25) is 0 Å². The molecule has 0 radical (unpaired) electrons. The summed E-state index contributed by atoms with van der Waals surface area (Å²) in [5.41, 5.74) is 2.74. The van der Waals surface area contributed by atoms with Gasteiger partial charge in [-0.15, -0.1) is 0 Å². The summed E-state index contributed by atoms with van der Waals surface area (Å²) in [5, 5.41) is 8.15. The third-order valence-corrected chi connectivity index (χ3v) is 4.10. The summed E-state index contributed by atoms with van der Waals surface area (Å²) in [6.07, 6.45) is 0.917. The standard InChI is InChI=1S/C17H22FN3/c1-11-5-6-12(9-13(11)18)14-7-8-19-16-10-15(17(2,3)4)20-21(14)16/h5-6,9-10,14,19H,7-8H2,1-4H3. The van der Waals surface area contributed by atoms with E-state index in [-0.39, 0.29) is 17.3 Å². The van der Waals surface area contributed by atoms with Gasteiger partial charge in [-0.2, -0.15) is 5.10 Å². The second kappa shape index (κ2) is 4.86. The van der Waals surface area contributed by atoms with Gasteiger partial charge in [0, 0.05) is 18.0 Å². The molecule has 2 heterocycles. The van der Waals surface area contributed by atoms with Gasteiger partial charge in [0.05, 0.1) is 11.7 Å². The highest BCUT2D eigenvalue weighted by atomic mass is 19.1. The lowest BCUT2D eigenvalue weighted by atomic mass is 9.92. The minimum atomic E-state index is -0.143. The molecule has 112 valence electrons. The summed E-state index contributed by atoms with van der Waals surface area (Å²) in [4.78, 5) is 0. The van der Waals surface area contributed by atoms with Crippen LogP contribution in [0.1, 0.15) is 50.1 Å². The zero-order valence-corrected chi connectivity index (χ0v) is 13.1. The van der Waals surface area contributed by atoms with Crippen LogP contribution in [0.5, 0.6) is 0 Å². The number of hydrogen-bond donors (Lipinski definition) is 1. The first-order valence-corrected chi connectivity index (χ1v) is 7.46. The van der Waals surface area contributed by atoms with Gasteiger partial charge < -0.3 is 5.32 Å². The summed E-state index contributed by atoms with van der Waals surface area (Å²) in [6.45, 7) is 9.14. The van der Waals surface area contributed by atoms with Crippen LogP contribution in [-0.4, -0.2) is 16.3 Å². The number of rotatable bonds is 1. The zero-order valence-electron chi connectivity index (χ0n) is 13.1. The minimum absolute atomic E-state index is 0.00902. The lowest BCUT2D eigenvalue weighted by Crippen LogP contribution is -2.24. The van der Waals surface area contributed by atoms with Crippen molar-refractivity contribution in [3.05, 3.63) is 46.9 Å². The van der Waals surface area contributed by atoms with E-state index in [0.717, 1.165) is 30.0 Å². The molecule has 4 heteroatoms. The average Bonchev–Trinajstić information content (AvgIpc) is 2.86. The smallest absolute Gasteiger partial charge is 0.126 e. The van der Waals surface area contributed by atoms with Gasteiger partial charge >= 0.3 is 0 Å². The number of anilines is 1. The number of hydrogen-bond acceptors (Lipinski definition) is 2. The molecule has 0 amide bonds. The van der Waals surface area contributed by atoms with Crippen molar-refractivity contribution in [2.75, 3.05) is 11.9 Å². The molecule has 0 bridgehead atoms. The molecule has 1 aromatic carbocycles. The number of nitrogens with one attached hydrogen (secondary N) is 1. The molecule has 0 aliphatic carbocycles. The van der Waals surface area contributed by atoms with Gasteiger partial charge in [-0.05, 0) is 30.5 Å². The van der Waals surface area contributed by atoms with Crippen molar-refractivity contribution in [2.45, 2.75) is 45.6 Å². The summed E-state index contributed by atoms with van der Waals surface area (Å²) in [7, 11) is 0. The Bertz CT molecular complexity index is 667. The highest BCUT2D eigenvalue weighted by molar-refractivity contribution is 5.43. The first-order chi connectivity index (χ1) is 9.86. The first-order valence-electron chi connectivity index (χ1n) is 7.46. The number of fused-ring (bicyclic) bond motifs is 1. The fraction of sp³-hybridized carbons (Fsp3) is 0.471. The summed E-state index contributed by atoms with van der Waals surface area (Å²) in [5.74, 6) is 0.882. The first kappa shape index (κ1) is 14.1.